The average Bonchev–Trinajstić information content (AvgIpc) is 3.19. The SMILES string of the molecule is CNC(=O)Cn1nc(-c2ccncc2)cc1Cc1ccc(P)cc1.OC1CCCCC1. The van der Waals surface area contributed by atoms with Crippen LogP contribution in [0.4, 0.5) is 0 Å². The van der Waals surface area contributed by atoms with Gasteiger partial charge in [-0.15, -0.1) is 9.24 Å². The molecule has 1 fully saturated rings. The van der Waals surface area contributed by atoms with Gasteiger partial charge in [0.2, 0.25) is 5.91 Å². The number of rotatable bonds is 5. The second-order valence-corrected chi connectivity index (χ2v) is 8.46. The number of aliphatic hydroxyl groups is 1. The molecule has 164 valence electrons. The fourth-order valence-electron chi connectivity index (χ4n) is 3.54. The monoisotopic (exact) mass is 438 g/mol. The van der Waals surface area contributed by atoms with Crippen LogP contribution in [0.5, 0.6) is 0 Å². The summed E-state index contributed by atoms with van der Waals surface area (Å²) in [5.41, 5.74) is 4.02. The lowest BCUT2D eigenvalue weighted by Crippen LogP contribution is -2.25. The van der Waals surface area contributed by atoms with Crippen molar-refractivity contribution >= 4 is 20.5 Å². The number of nitrogens with zero attached hydrogens (tertiary/aromatic N) is 3. The van der Waals surface area contributed by atoms with E-state index in [0.29, 0.717) is 0 Å². The van der Waals surface area contributed by atoms with E-state index in [-0.39, 0.29) is 18.6 Å². The van der Waals surface area contributed by atoms with Gasteiger partial charge in [-0.3, -0.25) is 14.5 Å². The maximum Gasteiger partial charge on any atom is 0.241 e. The molecule has 0 bridgehead atoms. The number of aromatic nitrogens is 3. The van der Waals surface area contributed by atoms with Gasteiger partial charge in [0, 0.05) is 37.1 Å². The van der Waals surface area contributed by atoms with Crippen molar-refractivity contribution in [2.45, 2.75) is 51.2 Å². The van der Waals surface area contributed by atoms with E-state index in [0.717, 1.165) is 41.5 Å². The van der Waals surface area contributed by atoms with Gasteiger partial charge >= 0.3 is 0 Å². The Hall–Kier alpha value is -2.56. The van der Waals surface area contributed by atoms with E-state index in [1.807, 2.05) is 18.2 Å². The Bertz CT molecular complexity index is 951. The molecule has 1 aliphatic rings. The van der Waals surface area contributed by atoms with Crippen LogP contribution in [-0.4, -0.2) is 38.9 Å². The number of amides is 1. The molecular weight excluding hydrogens is 407 g/mol. The van der Waals surface area contributed by atoms with E-state index in [9.17, 15) is 4.79 Å². The van der Waals surface area contributed by atoms with E-state index in [1.165, 1.54) is 24.8 Å². The summed E-state index contributed by atoms with van der Waals surface area (Å²) in [5.74, 6) is -0.0686. The third-order valence-electron chi connectivity index (χ3n) is 5.35. The quantitative estimate of drug-likeness (QED) is 0.600. The Balaban J connectivity index is 0.000000330. The fraction of sp³-hybridized carbons (Fsp3) is 0.375. The largest absolute Gasteiger partial charge is 0.393 e. The molecule has 1 aliphatic carbocycles. The second-order valence-electron chi connectivity index (χ2n) is 7.80. The van der Waals surface area contributed by atoms with Gasteiger partial charge in [0.15, 0.2) is 0 Å². The van der Waals surface area contributed by atoms with Crippen molar-refractivity contribution in [3.63, 3.8) is 0 Å². The number of likely N-dealkylation sites (N-methyl/N-ethyl adjacent to an activating group) is 1. The number of nitrogens with one attached hydrogen (secondary N) is 1. The van der Waals surface area contributed by atoms with E-state index >= 15 is 0 Å². The fourth-order valence-corrected chi connectivity index (χ4v) is 3.73. The molecule has 1 unspecified atom stereocenters. The molecule has 1 atom stereocenters. The van der Waals surface area contributed by atoms with Crippen molar-refractivity contribution in [1.29, 1.82) is 0 Å². The lowest BCUT2D eigenvalue weighted by atomic mass is 9.98. The minimum Gasteiger partial charge on any atom is -0.393 e. The van der Waals surface area contributed by atoms with Gasteiger partial charge < -0.3 is 10.4 Å². The van der Waals surface area contributed by atoms with Gasteiger partial charge in [-0.25, -0.2) is 0 Å². The first-order valence-electron chi connectivity index (χ1n) is 10.8. The number of hydrogen-bond donors (Lipinski definition) is 2. The summed E-state index contributed by atoms with van der Waals surface area (Å²) in [6.45, 7) is 0.207. The standard InChI is InChI=1S/C18H19N4OP.C6H12O/c1-19-18(23)12-22-15(10-13-2-4-16(24)5-3-13)11-17(21-22)14-6-8-20-9-7-14;7-6-4-2-1-3-5-6/h2-9,11H,10,12,24H2,1H3,(H,19,23);6-7H,1-5H2. The molecule has 31 heavy (non-hydrogen) atoms. The number of benzene rings is 1. The zero-order chi connectivity index (χ0) is 22.1. The smallest absolute Gasteiger partial charge is 0.241 e. The van der Waals surface area contributed by atoms with Crippen molar-refractivity contribution in [1.82, 2.24) is 20.1 Å². The molecule has 4 rings (SSSR count). The highest BCUT2D eigenvalue weighted by atomic mass is 31.0. The Morgan fingerprint density at radius 2 is 1.81 bits per heavy atom. The number of pyridine rings is 1. The summed E-state index contributed by atoms with van der Waals surface area (Å²) in [5, 5.41) is 17.3. The molecule has 2 N–H and O–H groups in total. The zero-order valence-corrected chi connectivity index (χ0v) is 19.2. The van der Waals surface area contributed by atoms with Gasteiger partial charge in [-0.1, -0.05) is 43.5 Å². The molecule has 0 aliphatic heterocycles. The minimum atomic E-state index is -0.0686. The summed E-state index contributed by atoms with van der Waals surface area (Å²) >= 11 is 0. The molecule has 3 aromatic rings. The molecule has 0 spiro atoms. The van der Waals surface area contributed by atoms with Gasteiger partial charge in [0.25, 0.3) is 0 Å². The highest BCUT2D eigenvalue weighted by Crippen LogP contribution is 2.20. The van der Waals surface area contributed by atoms with Crippen molar-refractivity contribution in [3.05, 3.63) is 66.1 Å². The van der Waals surface area contributed by atoms with Gasteiger partial charge in [0.1, 0.15) is 6.54 Å². The van der Waals surface area contributed by atoms with Crippen LogP contribution in [0.3, 0.4) is 0 Å². The Morgan fingerprint density at radius 3 is 2.39 bits per heavy atom. The Labute approximate surface area is 186 Å². The van der Waals surface area contributed by atoms with Crippen LogP contribution in [0.25, 0.3) is 11.3 Å². The normalized spacial score (nSPS) is 13.9. The van der Waals surface area contributed by atoms with Crippen LogP contribution in [0.15, 0.2) is 54.9 Å². The van der Waals surface area contributed by atoms with E-state index in [4.69, 9.17) is 5.11 Å². The molecule has 1 saturated carbocycles. The van der Waals surface area contributed by atoms with Crippen LogP contribution < -0.4 is 10.6 Å². The predicted molar refractivity (Wildman–Crippen MR) is 127 cm³/mol. The third kappa shape index (κ3) is 7.27. The molecule has 1 aromatic carbocycles. The van der Waals surface area contributed by atoms with E-state index in [2.05, 4.69) is 48.9 Å². The Morgan fingerprint density at radius 1 is 1.13 bits per heavy atom. The average molecular weight is 439 g/mol. The highest BCUT2D eigenvalue weighted by Gasteiger charge is 2.13. The van der Waals surface area contributed by atoms with Crippen LogP contribution in [-0.2, 0) is 17.8 Å². The molecule has 6 nitrogen and oxygen atoms in total. The number of carbonyl (C=O) groups is 1. The molecule has 0 saturated heterocycles. The van der Waals surface area contributed by atoms with Gasteiger partial charge in [-0.05, 0) is 41.9 Å². The molecule has 1 amide bonds. The Kier molecular flexibility index (Phi) is 8.74. The van der Waals surface area contributed by atoms with Crippen LogP contribution in [0, 0.1) is 0 Å². The summed E-state index contributed by atoms with van der Waals surface area (Å²) in [4.78, 5) is 15.8. The number of aliphatic hydroxyl groups excluding tert-OH is 1. The van der Waals surface area contributed by atoms with Gasteiger partial charge in [0.05, 0.1) is 11.8 Å². The molecule has 2 heterocycles. The van der Waals surface area contributed by atoms with Crippen LogP contribution in [0.1, 0.15) is 43.4 Å². The third-order valence-corrected chi connectivity index (χ3v) is 5.74. The number of carbonyl (C=O) groups excluding carboxylic acids is 1. The van der Waals surface area contributed by atoms with E-state index < -0.39 is 0 Å². The van der Waals surface area contributed by atoms with Gasteiger partial charge in [-0.2, -0.15) is 5.10 Å². The van der Waals surface area contributed by atoms with E-state index in [1.54, 1.807) is 24.1 Å². The lowest BCUT2D eigenvalue weighted by molar-refractivity contribution is -0.121. The zero-order valence-electron chi connectivity index (χ0n) is 18.0. The molecule has 2 aromatic heterocycles. The summed E-state index contributed by atoms with van der Waals surface area (Å²) < 4.78 is 1.77. The first-order chi connectivity index (χ1) is 15.0. The van der Waals surface area contributed by atoms with Crippen molar-refractivity contribution in [2.75, 3.05) is 7.05 Å². The maximum absolute atomic E-state index is 11.8. The van der Waals surface area contributed by atoms with Crippen LogP contribution in [0.2, 0.25) is 0 Å². The topological polar surface area (TPSA) is 80.0 Å². The first-order valence-corrected chi connectivity index (χ1v) is 11.3. The molecule has 0 radical (unpaired) electrons. The van der Waals surface area contributed by atoms with Crippen molar-refractivity contribution in [3.8, 4) is 11.3 Å². The predicted octanol–water partition coefficient (Wildman–Crippen LogP) is 3.09. The van der Waals surface area contributed by atoms with Crippen molar-refractivity contribution in [2.24, 2.45) is 0 Å². The maximum atomic E-state index is 11.8. The summed E-state index contributed by atoms with van der Waals surface area (Å²) in [7, 11) is 4.31. The second kappa shape index (κ2) is 11.7. The number of hydrogen-bond acceptors (Lipinski definition) is 4. The lowest BCUT2D eigenvalue weighted by Gasteiger charge is -2.14. The highest BCUT2D eigenvalue weighted by molar-refractivity contribution is 7.27. The first kappa shape index (κ1) is 23.1. The molecular formula is C24H31N4O2P. The summed E-state index contributed by atoms with van der Waals surface area (Å²) in [6.07, 6.45) is 10.1. The van der Waals surface area contributed by atoms with Crippen LogP contribution >= 0.6 is 9.24 Å². The summed E-state index contributed by atoms with van der Waals surface area (Å²) in [6, 6.07) is 14.2. The molecule has 7 heteroatoms. The minimum absolute atomic E-state index is 0.0359. The van der Waals surface area contributed by atoms with Crippen molar-refractivity contribution < 1.29 is 9.90 Å².